The lowest BCUT2D eigenvalue weighted by atomic mass is 9.76. The predicted octanol–water partition coefficient (Wildman–Crippen LogP) is 1.05. The second kappa shape index (κ2) is 10.4. The van der Waals surface area contributed by atoms with Crippen molar-refractivity contribution in [3.63, 3.8) is 0 Å². The number of allylic oxidation sites excluding steroid dienone is 4. The van der Waals surface area contributed by atoms with E-state index < -0.39 is 47.5 Å². The third-order valence-corrected chi connectivity index (χ3v) is 4.34. The van der Waals surface area contributed by atoms with E-state index in [0.717, 1.165) is 0 Å². The van der Waals surface area contributed by atoms with Gasteiger partial charge in [-0.15, -0.1) is 0 Å². The number of hydrogen-bond donors (Lipinski definition) is 0. The molecule has 0 heterocycles. The molecule has 0 aliphatic heterocycles. The Kier molecular flexibility index (Phi) is 8.54. The van der Waals surface area contributed by atoms with Crippen LogP contribution < -0.4 is 0 Å². The van der Waals surface area contributed by atoms with Gasteiger partial charge >= 0.3 is 23.9 Å². The monoisotopic (exact) mass is 368 g/mol. The van der Waals surface area contributed by atoms with Gasteiger partial charge in [0.05, 0.1) is 28.4 Å². The van der Waals surface area contributed by atoms with E-state index in [9.17, 15) is 19.2 Å². The lowest BCUT2D eigenvalue weighted by Gasteiger charge is -2.28. The molecule has 1 aliphatic rings. The summed E-state index contributed by atoms with van der Waals surface area (Å²) < 4.78 is 18.9. The van der Waals surface area contributed by atoms with Crippen molar-refractivity contribution < 1.29 is 38.1 Å². The van der Waals surface area contributed by atoms with Gasteiger partial charge in [-0.2, -0.15) is 0 Å². The van der Waals surface area contributed by atoms with Crippen molar-refractivity contribution >= 4 is 23.9 Å². The van der Waals surface area contributed by atoms with E-state index >= 15 is 0 Å². The molecule has 0 bridgehead atoms. The maximum Gasteiger partial charge on any atom is 0.320 e. The fourth-order valence-electron chi connectivity index (χ4n) is 3.02. The fraction of sp³-hybridized carbons (Fsp3) is 0.556. The SMILES string of the molecule is COC(=O)C(C(=O)OC)[C@@H]1C/C=C\C=C/[C@H](C(C(=O)OC)C(=O)OC)C1. The van der Waals surface area contributed by atoms with E-state index in [1.807, 2.05) is 0 Å². The highest BCUT2D eigenvalue weighted by atomic mass is 16.5. The molecule has 0 fully saturated rings. The minimum absolute atomic E-state index is 0.185. The summed E-state index contributed by atoms with van der Waals surface area (Å²) in [4.78, 5) is 48.5. The summed E-state index contributed by atoms with van der Waals surface area (Å²) in [6.45, 7) is 0. The zero-order valence-electron chi connectivity index (χ0n) is 15.3. The van der Waals surface area contributed by atoms with E-state index in [1.165, 1.54) is 28.4 Å². The first kappa shape index (κ1) is 21.4. The van der Waals surface area contributed by atoms with Crippen molar-refractivity contribution in [1.29, 1.82) is 0 Å². The minimum Gasteiger partial charge on any atom is -0.468 e. The molecule has 144 valence electrons. The second-order valence-electron chi connectivity index (χ2n) is 5.76. The summed E-state index contributed by atoms with van der Waals surface area (Å²) in [6, 6.07) is 0. The standard InChI is InChI=1S/C18H24O8/c1-23-15(19)13(16(20)24-2)11-8-6-5-7-9-12(10-11)14(17(21)25-3)18(22)26-4/h5-8,11-14H,9-10H2,1-4H3/b7-5-,8-6-/t11-,12+/m0/s1. The first-order valence-electron chi connectivity index (χ1n) is 8.05. The van der Waals surface area contributed by atoms with Gasteiger partial charge in [-0.3, -0.25) is 19.2 Å². The van der Waals surface area contributed by atoms with Crippen LogP contribution in [0.2, 0.25) is 0 Å². The molecule has 8 heteroatoms. The molecule has 26 heavy (non-hydrogen) atoms. The number of hydrogen-bond acceptors (Lipinski definition) is 8. The molecule has 2 atom stereocenters. The highest BCUT2D eigenvalue weighted by Crippen LogP contribution is 2.33. The Hall–Kier alpha value is -2.64. The van der Waals surface area contributed by atoms with Crippen LogP contribution in [0.1, 0.15) is 12.8 Å². The van der Waals surface area contributed by atoms with Crippen LogP contribution in [0.3, 0.4) is 0 Å². The second-order valence-corrected chi connectivity index (χ2v) is 5.76. The average Bonchev–Trinajstić information content (AvgIpc) is 2.63. The first-order valence-corrected chi connectivity index (χ1v) is 8.05. The normalized spacial score (nSPS) is 21.9. The van der Waals surface area contributed by atoms with Crippen LogP contribution in [0.15, 0.2) is 24.3 Å². The zero-order valence-corrected chi connectivity index (χ0v) is 15.3. The molecule has 0 amide bonds. The molecule has 0 saturated heterocycles. The smallest absolute Gasteiger partial charge is 0.320 e. The van der Waals surface area contributed by atoms with Crippen molar-refractivity contribution in [3.05, 3.63) is 24.3 Å². The van der Waals surface area contributed by atoms with Crippen LogP contribution in [-0.2, 0) is 38.1 Å². The molecule has 0 radical (unpaired) electrons. The summed E-state index contributed by atoms with van der Waals surface area (Å²) in [7, 11) is 4.71. The van der Waals surface area contributed by atoms with Crippen molar-refractivity contribution in [2.75, 3.05) is 28.4 Å². The van der Waals surface area contributed by atoms with Crippen molar-refractivity contribution in [2.45, 2.75) is 12.8 Å². The Labute approximate surface area is 152 Å². The van der Waals surface area contributed by atoms with E-state index in [1.54, 1.807) is 24.3 Å². The molecule has 0 N–H and O–H groups in total. The van der Waals surface area contributed by atoms with Crippen LogP contribution in [0, 0.1) is 23.7 Å². The van der Waals surface area contributed by atoms with Crippen LogP contribution in [0.25, 0.3) is 0 Å². The summed E-state index contributed by atoms with van der Waals surface area (Å²) >= 11 is 0. The Morgan fingerprint density at radius 3 is 1.69 bits per heavy atom. The van der Waals surface area contributed by atoms with E-state index in [2.05, 4.69) is 0 Å². The topological polar surface area (TPSA) is 105 Å². The minimum atomic E-state index is -1.20. The van der Waals surface area contributed by atoms with Gasteiger partial charge in [0.1, 0.15) is 0 Å². The third kappa shape index (κ3) is 5.18. The number of esters is 4. The quantitative estimate of drug-likeness (QED) is 0.389. The van der Waals surface area contributed by atoms with E-state index in [4.69, 9.17) is 18.9 Å². The summed E-state index contributed by atoms with van der Waals surface area (Å²) in [5.41, 5.74) is 0. The van der Waals surface area contributed by atoms with Crippen LogP contribution in [0.4, 0.5) is 0 Å². The van der Waals surface area contributed by atoms with Crippen LogP contribution in [-0.4, -0.2) is 52.3 Å². The Morgan fingerprint density at radius 1 is 0.769 bits per heavy atom. The number of methoxy groups -OCH3 is 4. The maximum absolute atomic E-state index is 12.1. The van der Waals surface area contributed by atoms with Crippen LogP contribution in [0.5, 0.6) is 0 Å². The Balaban J connectivity index is 3.24. The molecule has 1 aliphatic carbocycles. The van der Waals surface area contributed by atoms with Gasteiger partial charge in [0.2, 0.25) is 0 Å². The van der Waals surface area contributed by atoms with Crippen molar-refractivity contribution in [2.24, 2.45) is 23.7 Å². The fourth-order valence-corrected chi connectivity index (χ4v) is 3.02. The highest BCUT2D eigenvalue weighted by molar-refractivity contribution is 5.96. The number of rotatable bonds is 6. The molecular formula is C18H24O8. The van der Waals surface area contributed by atoms with Crippen molar-refractivity contribution in [3.8, 4) is 0 Å². The molecule has 0 unspecified atom stereocenters. The van der Waals surface area contributed by atoms with Crippen molar-refractivity contribution in [1.82, 2.24) is 0 Å². The number of ether oxygens (including phenoxy) is 4. The molecule has 0 spiro atoms. The Morgan fingerprint density at radius 2 is 1.23 bits per heavy atom. The first-order chi connectivity index (χ1) is 12.4. The number of carbonyl (C=O) groups is 4. The molecular weight excluding hydrogens is 344 g/mol. The average molecular weight is 368 g/mol. The number of carbonyl (C=O) groups excluding carboxylic acids is 4. The van der Waals surface area contributed by atoms with E-state index in [-0.39, 0.29) is 6.42 Å². The van der Waals surface area contributed by atoms with Gasteiger partial charge in [-0.25, -0.2) is 0 Å². The summed E-state index contributed by atoms with van der Waals surface area (Å²) in [5, 5.41) is 0. The molecule has 0 aromatic carbocycles. The van der Waals surface area contributed by atoms with Gasteiger partial charge < -0.3 is 18.9 Å². The molecule has 1 rings (SSSR count). The molecule has 0 saturated carbocycles. The molecule has 8 nitrogen and oxygen atoms in total. The maximum atomic E-state index is 12.1. The van der Waals surface area contributed by atoms with Gasteiger partial charge in [-0.1, -0.05) is 24.3 Å². The Bertz CT molecular complexity index is 560. The molecule has 0 aromatic heterocycles. The molecule has 0 aromatic rings. The van der Waals surface area contributed by atoms with Gasteiger partial charge in [-0.05, 0) is 18.8 Å². The van der Waals surface area contributed by atoms with Gasteiger partial charge in [0.15, 0.2) is 11.8 Å². The zero-order chi connectivity index (χ0) is 19.7. The van der Waals surface area contributed by atoms with Crippen LogP contribution >= 0.6 is 0 Å². The summed E-state index contributed by atoms with van der Waals surface area (Å²) in [5.74, 6) is -6.48. The predicted molar refractivity (Wildman–Crippen MR) is 89.5 cm³/mol. The lowest BCUT2D eigenvalue weighted by Crippen LogP contribution is -2.38. The summed E-state index contributed by atoms with van der Waals surface area (Å²) in [6.07, 6.45) is 7.42. The van der Waals surface area contributed by atoms with E-state index in [0.29, 0.717) is 6.42 Å². The lowest BCUT2D eigenvalue weighted by molar-refractivity contribution is -0.162. The van der Waals surface area contributed by atoms with Gasteiger partial charge in [0, 0.05) is 5.92 Å². The highest BCUT2D eigenvalue weighted by Gasteiger charge is 2.42. The van der Waals surface area contributed by atoms with Gasteiger partial charge in [0.25, 0.3) is 0 Å². The third-order valence-electron chi connectivity index (χ3n) is 4.34. The largest absolute Gasteiger partial charge is 0.468 e.